The van der Waals surface area contributed by atoms with Crippen LogP contribution in [0.5, 0.6) is 0 Å². The first-order valence-corrected chi connectivity index (χ1v) is 5.83. The van der Waals surface area contributed by atoms with E-state index >= 15 is 0 Å². The van der Waals surface area contributed by atoms with Gasteiger partial charge in [-0.3, -0.25) is 4.79 Å². The number of nitrogens with one attached hydrogen (secondary N) is 1. The fraction of sp³-hybridized carbons (Fsp3) is 0.231. The van der Waals surface area contributed by atoms with Crippen LogP contribution in [0.15, 0.2) is 30.5 Å². The molecule has 100 valence electrons. The lowest BCUT2D eigenvalue weighted by Gasteiger charge is -2.05. The second kappa shape index (κ2) is 5.62. The third kappa shape index (κ3) is 2.79. The van der Waals surface area contributed by atoms with Crippen molar-refractivity contribution in [2.45, 2.75) is 6.92 Å². The average molecular weight is 263 g/mol. The van der Waals surface area contributed by atoms with Crippen LogP contribution in [0, 0.1) is 12.7 Å². The number of rotatable bonds is 4. The summed E-state index contributed by atoms with van der Waals surface area (Å²) in [5, 5.41) is 15.3. The Morgan fingerprint density at radius 2 is 2.11 bits per heavy atom. The van der Waals surface area contributed by atoms with Crippen molar-refractivity contribution in [3.8, 4) is 5.69 Å². The minimum absolute atomic E-state index is 0.114. The van der Waals surface area contributed by atoms with Gasteiger partial charge in [0.25, 0.3) is 5.91 Å². The van der Waals surface area contributed by atoms with E-state index in [-0.39, 0.29) is 24.9 Å². The molecule has 1 amide bonds. The van der Waals surface area contributed by atoms with Gasteiger partial charge < -0.3 is 10.4 Å². The largest absolute Gasteiger partial charge is 0.395 e. The molecule has 6 heteroatoms. The number of halogens is 1. The Bertz CT molecular complexity index is 578. The molecule has 1 heterocycles. The van der Waals surface area contributed by atoms with E-state index in [2.05, 4.69) is 10.4 Å². The molecule has 0 fully saturated rings. The number of aromatic nitrogens is 2. The van der Waals surface area contributed by atoms with E-state index in [4.69, 9.17) is 5.11 Å². The third-order valence-corrected chi connectivity index (χ3v) is 2.72. The van der Waals surface area contributed by atoms with Crippen LogP contribution in [-0.4, -0.2) is 33.9 Å². The predicted octanol–water partition coefficient (Wildman–Crippen LogP) is 1.04. The fourth-order valence-electron chi connectivity index (χ4n) is 1.74. The summed E-state index contributed by atoms with van der Waals surface area (Å²) in [5.74, 6) is -0.616. The lowest BCUT2D eigenvalue weighted by molar-refractivity contribution is 0.0944. The molecule has 0 spiro atoms. The molecule has 0 radical (unpaired) electrons. The predicted molar refractivity (Wildman–Crippen MR) is 67.7 cm³/mol. The van der Waals surface area contributed by atoms with Crippen LogP contribution in [-0.2, 0) is 0 Å². The number of carbonyl (C=O) groups excluding carboxylic acids is 1. The number of amides is 1. The van der Waals surface area contributed by atoms with Crippen LogP contribution in [0.3, 0.4) is 0 Å². The number of aliphatic hydroxyl groups is 1. The normalized spacial score (nSPS) is 10.5. The van der Waals surface area contributed by atoms with Crippen LogP contribution >= 0.6 is 0 Å². The maximum atomic E-state index is 12.9. The van der Waals surface area contributed by atoms with E-state index in [1.807, 2.05) is 0 Å². The molecule has 0 unspecified atom stereocenters. The van der Waals surface area contributed by atoms with Gasteiger partial charge in [-0.2, -0.15) is 5.10 Å². The lowest BCUT2D eigenvalue weighted by atomic mass is 10.2. The third-order valence-electron chi connectivity index (χ3n) is 2.72. The molecular formula is C13H14FN3O2. The van der Waals surface area contributed by atoms with Gasteiger partial charge in [-0.1, -0.05) is 0 Å². The van der Waals surface area contributed by atoms with Gasteiger partial charge in [0.2, 0.25) is 0 Å². The summed E-state index contributed by atoms with van der Waals surface area (Å²) < 4.78 is 14.4. The van der Waals surface area contributed by atoms with E-state index in [9.17, 15) is 9.18 Å². The SMILES string of the molecule is Cc1c(C(=O)NCCO)cnn1-c1ccc(F)cc1. The summed E-state index contributed by atoms with van der Waals surface area (Å²) in [6, 6.07) is 5.85. The van der Waals surface area contributed by atoms with Gasteiger partial charge in [0.05, 0.1) is 29.7 Å². The average Bonchev–Trinajstić information content (AvgIpc) is 2.79. The van der Waals surface area contributed by atoms with Gasteiger partial charge in [-0.25, -0.2) is 9.07 Å². The van der Waals surface area contributed by atoms with E-state index < -0.39 is 0 Å². The molecule has 1 aromatic carbocycles. The van der Waals surface area contributed by atoms with Gasteiger partial charge in [0.1, 0.15) is 5.82 Å². The Labute approximate surface area is 109 Å². The summed E-state index contributed by atoms with van der Waals surface area (Å²) in [4.78, 5) is 11.8. The minimum atomic E-state index is -0.325. The highest BCUT2D eigenvalue weighted by Gasteiger charge is 2.14. The smallest absolute Gasteiger partial charge is 0.254 e. The summed E-state index contributed by atoms with van der Waals surface area (Å²) in [6.07, 6.45) is 1.45. The van der Waals surface area contributed by atoms with Crippen LogP contribution in [0.2, 0.25) is 0 Å². The molecule has 19 heavy (non-hydrogen) atoms. The van der Waals surface area contributed by atoms with Gasteiger partial charge in [-0.05, 0) is 31.2 Å². The highest BCUT2D eigenvalue weighted by atomic mass is 19.1. The zero-order valence-electron chi connectivity index (χ0n) is 10.4. The Morgan fingerprint density at radius 1 is 1.42 bits per heavy atom. The van der Waals surface area contributed by atoms with Crippen molar-refractivity contribution in [2.24, 2.45) is 0 Å². The Hall–Kier alpha value is -2.21. The molecule has 0 saturated heterocycles. The molecule has 5 nitrogen and oxygen atoms in total. The number of hydrogen-bond acceptors (Lipinski definition) is 3. The second-order valence-corrected chi connectivity index (χ2v) is 4.01. The monoisotopic (exact) mass is 263 g/mol. The minimum Gasteiger partial charge on any atom is -0.395 e. The van der Waals surface area contributed by atoms with Gasteiger partial charge in [0.15, 0.2) is 0 Å². The molecule has 2 aromatic rings. The summed E-state index contributed by atoms with van der Waals surface area (Å²) in [7, 11) is 0. The number of aliphatic hydroxyl groups excluding tert-OH is 1. The van der Waals surface area contributed by atoms with Gasteiger partial charge >= 0.3 is 0 Å². The Kier molecular flexibility index (Phi) is 3.91. The Morgan fingerprint density at radius 3 is 2.74 bits per heavy atom. The highest BCUT2D eigenvalue weighted by molar-refractivity contribution is 5.95. The topological polar surface area (TPSA) is 67.2 Å². The number of carbonyl (C=O) groups is 1. The highest BCUT2D eigenvalue weighted by Crippen LogP contribution is 2.14. The Balaban J connectivity index is 2.27. The molecule has 0 aliphatic rings. The maximum Gasteiger partial charge on any atom is 0.254 e. The molecule has 0 aliphatic carbocycles. The van der Waals surface area contributed by atoms with E-state index in [0.717, 1.165) is 0 Å². The number of benzene rings is 1. The molecule has 1 aromatic heterocycles. The molecule has 2 N–H and O–H groups in total. The second-order valence-electron chi connectivity index (χ2n) is 4.01. The first kappa shape index (κ1) is 13.2. The van der Waals surface area contributed by atoms with Crippen LogP contribution in [0.1, 0.15) is 16.1 Å². The van der Waals surface area contributed by atoms with Crippen molar-refractivity contribution in [1.82, 2.24) is 15.1 Å². The van der Waals surface area contributed by atoms with E-state index in [0.29, 0.717) is 16.9 Å². The maximum absolute atomic E-state index is 12.9. The molecular weight excluding hydrogens is 249 g/mol. The van der Waals surface area contributed by atoms with Crippen molar-refractivity contribution in [1.29, 1.82) is 0 Å². The quantitative estimate of drug-likeness (QED) is 0.866. The lowest BCUT2D eigenvalue weighted by Crippen LogP contribution is -2.26. The molecule has 0 saturated carbocycles. The van der Waals surface area contributed by atoms with E-state index in [1.165, 1.54) is 18.3 Å². The molecule has 0 atom stereocenters. The summed E-state index contributed by atoms with van der Waals surface area (Å²) in [6.45, 7) is 1.83. The van der Waals surface area contributed by atoms with E-state index in [1.54, 1.807) is 23.7 Å². The van der Waals surface area contributed by atoms with Crippen molar-refractivity contribution in [2.75, 3.05) is 13.2 Å². The van der Waals surface area contributed by atoms with Gasteiger partial charge in [0, 0.05) is 6.54 Å². The number of nitrogens with zero attached hydrogens (tertiary/aromatic N) is 2. The molecule has 0 aliphatic heterocycles. The standard InChI is InChI=1S/C13H14FN3O2/c1-9-12(13(19)15-6-7-18)8-16-17(9)11-4-2-10(14)3-5-11/h2-5,8,18H,6-7H2,1H3,(H,15,19). The molecule has 2 rings (SSSR count). The van der Waals surface area contributed by atoms with Crippen molar-refractivity contribution >= 4 is 5.91 Å². The van der Waals surface area contributed by atoms with Crippen molar-refractivity contribution in [3.05, 3.63) is 47.5 Å². The van der Waals surface area contributed by atoms with Crippen molar-refractivity contribution < 1.29 is 14.3 Å². The van der Waals surface area contributed by atoms with Crippen LogP contribution in [0.25, 0.3) is 5.69 Å². The first-order chi connectivity index (χ1) is 9.13. The molecule has 0 bridgehead atoms. The zero-order valence-corrected chi connectivity index (χ0v) is 10.4. The summed E-state index contributed by atoms with van der Waals surface area (Å²) in [5.41, 5.74) is 1.76. The van der Waals surface area contributed by atoms with Crippen molar-refractivity contribution in [3.63, 3.8) is 0 Å². The first-order valence-electron chi connectivity index (χ1n) is 5.83. The van der Waals surface area contributed by atoms with Gasteiger partial charge in [-0.15, -0.1) is 0 Å². The van der Waals surface area contributed by atoms with Crippen LogP contribution < -0.4 is 5.32 Å². The summed E-state index contributed by atoms with van der Waals surface area (Å²) >= 11 is 0. The number of hydrogen-bond donors (Lipinski definition) is 2. The fourth-order valence-corrected chi connectivity index (χ4v) is 1.74. The zero-order chi connectivity index (χ0) is 13.8. The van der Waals surface area contributed by atoms with Crippen LogP contribution in [0.4, 0.5) is 4.39 Å².